The van der Waals surface area contributed by atoms with E-state index >= 15 is 0 Å². The quantitative estimate of drug-likeness (QED) is 0.423. The zero-order chi connectivity index (χ0) is 24.6. The van der Waals surface area contributed by atoms with E-state index in [1.54, 1.807) is 24.3 Å². The Morgan fingerprint density at radius 3 is 2.35 bits per heavy atom. The molecule has 1 aliphatic heterocycles. The van der Waals surface area contributed by atoms with Gasteiger partial charge in [-0.05, 0) is 67.6 Å². The summed E-state index contributed by atoms with van der Waals surface area (Å²) < 4.78 is 5.12. The van der Waals surface area contributed by atoms with Crippen molar-refractivity contribution >= 4 is 46.7 Å². The molecule has 1 saturated heterocycles. The van der Waals surface area contributed by atoms with Crippen LogP contribution in [0.2, 0.25) is 10.0 Å². The Morgan fingerprint density at radius 1 is 1.03 bits per heavy atom. The van der Waals surface area contributed by atoms with Crippen molar-refractivity contribution in [2.75, 3.05) is 13.7 Å². The molecule has 2 aliphatic rings. The molecule has 2 aromatic carbocycles. The van der Waals surface area contributed by atoms with Crippen molar-refractivity contribution in [1.29, 1.82) is 0 Å². The van der Waals surface area contributed by atoms with Gasteiger partial charge in [0.25, 0.3) is 17.7 Å². The third kappa shape index (κ3) is 4.55. The van der Waals surface area contributed by atoms with Crippen molar-refractivity contribution in [1.82, 2.24) is 10.0 Å². The minimum Gasteiger partial charge on any atom is -0.497 e. The summed E-state index contributed by atoms with van der Waals surface area (Å²) in [6.45, 7) is 1.54. The van der Waals surface area contributed by atoms with Crippen molar-refractivity contribution in [3.05, 3.63) is 63.6 Å². The number of benzene rings is 2. The molecule has 3 atom stereocenters. The molecule has 0 spiro atoms. The van der Waals surface area contributed by atoms with Crippen LogP contribution in [0.5, 0.6) is 5.75 Å². The molecular formula is C25H24Cl2N2O5. The Labute approximate surface area is 207 Å². The second-order valence-corrected chi connectivity index (χ2v) is 9.60. The number of carbonyl (C=O) groups excluding carboxylic acids is 4. The van der Waals surface area contributed by atoms with Crippen LogP contribution in [0.4, 0.5) is 0 Å². The van der Waals surface area contributed by atoms with E-state index in [0.717, 1.165) is 16.4 Å². The van der Waals surface area contributed by atoms with E-state index < -0.39 is 41.9 Å². The van der Waals surface area contributed by atoms with Crippen LogP contribution in [0.15, 0.2) is 42.5 Å². The van der Waals surface area contributed by atoms with Gasteiger partial charge >= 0.3 is 0 Å². The van der Waals surface area contributed by atoms with E-state index in [9.17, 15) is 19.2 Å². The van der Waals surface area contributed by atoms with Crippen LogP contribution in [0.25, 0.3) is 0 Å². The highest BCUT2D eigenvalue weighted by Crippen LogP contribution is 2.41. The maximum atomic E-state index is 13.6. The van der Waals surface area contributed by atoms with Gasteiger partial charge in [-0.3, -0.25) is 19.2 Å². The maximum Gasteiger partial charge on any atom is 0.274 e. The molecule has 0 radical (unpaired) electrons. The average molecular weight is 503 g/mol. The van der Waals surface area contributed by atoms with Crippen molar-refractivity contribution in [3.8, 4) is 5.75 Å². The highest BCUT2D eigenvalue weighted by atomic mass is 35.5. The largest absolute Gasteiger partial charge is 0.497 e. The first kappa shape index (κ1) is 24.2. The summed E-state index contributed by atoms with van der Waals surface area (Å²) in [5.41, 5.74) is 0.350. The van der Waals surface area contributed by atoms with Crippen molar-refractivity contribution < 1.29 is 23.9 Å². The number of nitrogens with zero attached hydrogens (tertiary/aromatic N) is 2. The van der Waals surface area contributed by atoms with Gasteiger partial charge < -0.3 is 4.74 Å². The molecule has 4 rings (SSSR count). The zero-order valence-corrected chi connectivity index (χ0v) is 20.3. The SMILES string of the molecule is COc1ccc(C(=O)CN(C(=O)c2ccc(Cl)cc2Cl)N2C(=O)[C@@H]3CC[C@@H](C)C[C@H]3C2=O)cc1. The van der Waals surface area contributed by atoms with Gasteiger partial charge in [0.05, 0.1) is 29.5 Å². The number of amides is 3. The first-order chi connectivity index (χ1) is 16.2. The Bertz CT molecular complexity index is 1150. The van der Waals surface area contributed by atoms with Crippen LogP contribution < -0.4 is 4.74 Å². The second-order valence-electron chi connectivity index (χ2n) is 8.76. The van der Waals surface area contributed by atoms with Gasteiger partial charge in [0.15, 0.2) is 5.78 Å². The van der Waals surface area contributed by atoms with Crippen molar-refractivity contribution in [2.24, 2.45) is 17.8 Å². The number of hydrogen-bond acceptors (Lipinski definition) is 5. The van der Waals surface area contributed by atoms with Crippen molar-refractivity contribution in [3.63, 3.8) is 0 Å². The fourth-order valence-corrected chi connectivity index (χ4v) is 5.14. The molecule has 1 aliphatic carbocycles. The smallest absolute Gasteiger partial charge is 0.274 e. The molecule has 1 heterocycles. The van der Waals surface area contributed by atoms with Crippen LogP contribution in [0, 0.1) is 17.8 Å². The maximum absolute atomic E-state index is 13.6. The number of hydrogen-bond donors (Lipinski definition) is 0. The summed E-state index contributed by atoms with van der Waals surface area (Å²) in [5.74, 6) is -2.19. The number of imide groups is 1. The van der Waals surface area contributed by atoms with Gasteiger partial charge in [0, 0.05) is 10.6 Å². The van der Waals surface area contributed by atoms with Crippen molar-refractivity contribution in [2.45, 2.75) is 26.2 Å². The van der Waals surface area contributed by atoms with Gasteiger partial charge in [-0.2, -0.15) is 5.01 Å². The first-order valence-corrected chi connectivity index (χ1v) is 11.8. The van der Waals surface area contributed by atoms with Crippen LogP contribution >= 0.6 is 23.2 Å². The van der Waals surface area contributed by atoms with E-state index in [1.807, 2.05) is 6.92 Å². The number of fused-ring (bicyclic) bond motifs is 1. The van der Waals surface area contributed by atoms with Gasteiger partial charge in [-0.25, -0.2) is 5.01 Å². The van der Waals surface area contributed by atoms with E-state index in [1.165, 1.54) is 25.3 Å². The molecule has 0 bridgehead atoms. The van der Waals surface area contributed by atoms with Crippen LogP contribution in [0.1, 0.15) is 46.9 Å². The normalized spacial score (nSPS) is 21.9. The Morgan fingerprint density at radius 2 is 1.71 bits per heavy atom. The monoisotopic (exact) mass is 502 g/mol. The molecular weight excluding hydrogens is 479 g/mol. The first-order valence-electron chi connectivity index (χ1n) is 11.0. The lowest BCUT2D eigenvalue weighted by molar-refractivity contribution is -0.154. The predicted molar refractivity (Wildman–Crippen MR) is 127 cm³/mol. The molecule has 9 heteroatoms. The molecule has 0 aromatic heterocycles. The minimum atomic E-state index is -0.725. The third-order valence-electron chi connectivity index (χ3n) is 6.51. The lowest BCUT2D eigenvalue weighted by Crippen LogP contribution is -2.52. The Kier molecular flexibility index (Phi) is 6.96. The van der Waals surface area contributed by atoms with Crippen LogP contribution in [-0.2, 0) is 9.59 Å². The number of ether oxygens (including phenoxy) is 1. The summed E-state index contributed by atoms with van der Waals surface area (Å²) in [5, 5.41) is 2.18. The average Bonchev–Trinajstić information content (AvgIpc) is 3.06. The van der Waals surface area contributed by atoms with E-state index in [0.29, 0.717) is 35.1 Å². The number of hydrazine groups is 1. The number of rotatable bonds is 6. The lowest BCUT2D eigenvalue weighted by atomic mass is 9.76. The van der Waals surface area contributed by atoms with Crippen LogP contribution in [0.3, 0.4) is 0 Å². The number of carbonyl (C=O) groups is 4. The Hall–Kier alpha value is -2.90. The molecule has 0 unspecified atom stereocenters. The molecule has 34 heavy (non-hydrogen) atoms. The van der Waals surface area contributed by atoms with Gasteiger partial charge in [0.1, 0.15) is 12.3 Å². The zero-order valence-electron chi connectivity index (χ0n) is 18.8. The van der Waals surface area contributed by atoms with Gasteiger partial charge in [0.2, 0.25) is 0 Å². The second kappa shape index (κ2) is 9.76. The highest BCUT2D eigenvalue weighted by Gasteiger charge is 2.53. The number of halogens is 2. The molecule has 0 N–H and O–H groups in total. The number of methoxy groups -OCH3 is 1. The summed E-state index contributed by atoms with van der Waals surface area (Å²) in [7, 11) is 1.51. The third-order valence-corrected chi connectivity index (χ3v) is 7.05. The van der Waals surface area contributed by atoms with Gasteiger partial charge in [-0.15, -0.1) is 0 Å². The number of Topliss-reactive ketones (excluding diaryl/α,β-unsaturated/α-hetero) is 1. The van der Waals surface area contributed by atoms with E-state index in [4.69, 9.17) is 27.9 Å². The molecule has 178 valence electrons. The summed E-state index contributed by atoms with van der Waals surface area (Å²) in [6.07, 6.45) is 1.97. The lowest BCUT2D eigenvalue weighted by Gasteiger charge is -2.30. The fourth-order valence-electron chi connectivity index (χ4n) is 4.65. The summed E-state index contributed by atoms with van der Waals surface area (Å²) in [6, 6.07) is 10.7. The molecule has 3 amide bonds. The molecule has 2 aromatic rings. The number of ketones is 1. The minimum absolute atomic E-state index is 0.0393. The summed E-state index contributed by atoms with van der Waals surface area (Å²) >= 11 is 12.2. The Balaban J connectivity index is 1.70. The topological polar surface area (TPSA) is 84.0 Å². The van der Waals surface area contributed by atoms with E-state index in [2.05, 4.69) is 0 Å². The fraction of sp³-hybridized carbons (Fsp3) is 0.360. The summed E-state index contributed by atoms with van der Waals surface area (Å²) in [4.78, 5) is 53.3. The molecule has 2 fully saturated rings. The standard InChI is InChI=1S/C25H24Cl2N2O5/c1-14-3-9-18-20(11-14)25(33)29(24(18)32)28(23(31)19-10-6-16(26)12-21(19)27)13-22(30)15-4-7-17(34-2)8-5-15/h4-8,10,12,14,18,20H,3,9,11,13H2,1-2H3/t14-,18-,20-/m1/s1. The van der Waals surface area contributed by atoms with Crippen LogP contribution in [-0.4, -0.2) is 47.2 Å². The molecule has 7 nitrogen and oxygen atoms in total. The molecule has 1 saturated carbocycles. The van der Waals surface area contributed by atoms with E-state index in [-0.39, 0.29) is 10.6 Å². The van der Waals surface area contributed by atoms with Gasteiger partial charge in [-0.1, -0.05) is 30.1 Å². The predicted octanol–water partition coefficient (Wildman–Crippen LogP) is 4.66. The highest BCUT2D eigenvalue weighted by molar-refractivity contribution is 6.36.